The monoisotopic (exact) mass is 207 g/mol. The topological polar surface area (TPSA) is 12.0 Å². The first-order valence-corrected chi connectivity index (χ1v) is 5.88. The van der Waals surface area contributed by atoms with E-state index in [-0.39, 0.29) is 0 Å². The Morgan fingerprint density at radius 3 is 2.93 bits per heavy atom. The molecular formula is C12H17NS. The summed E-state index contributed by atoms with van der Waals surface area (Å²) >= 11 is 1.79. The molecule has 2 heteroatoms. The molecule has 1 heterocycles. The lowest BCUT2D eigenvalue weighted by molar-refractivity contribution is 0.548. The van der Waals surface area contributed by atoms with Crippen LogP contribution in [-0.4, -0.2) is 6.54 Å². The van der Waals surface area contributed by atoms with Crippen molar-refractivity contribution in [1.82, 2.24) is 5.32 Å². The van der Waals surface area contributed by atoms with Gasteiger partial charge in [0, 0.05) is 11.3 Å². The van der Waals surface area contributed by atoms with E-state index in [0.29, 0.717) is 6.04 Å². The first-order chi connectivity index (χ1) is 6.79. The highest BCUT2D eigenvalue weighted by Gasteiger charge is 2.12. The second-order valence-corrected chi connectivity index (χ2v) is 4.33. The summed E-state index contributed by atoms with van der Waals surface area (Å²) in [7, 11) is 0. The van der Waals surface area contributed by atoms with Gasteiger partial charge in [-0.05, 0) is 36.9 Å². The maximum atomic E-state index is 5.37. The number of hydrogen-bond acceptors (Lipinski definition) is 2. The lowest BCUT2D eigenvalue weighted by atomic mass is 10.1. The molecule has 1 aromatic rings. The summed E-state index contributed by atoms with van der Waals surface area (Å²) < 4.78 is 0. The van der Waals surface area contributed by atoms with E-state index in [1.54, 1.807) is 11.3 Å². The molecule has 0 fully saturated rings. The van der Waals surface area contributed by atoms with Gasteiger partial charge in [-0.1, -0.05) is 6.92 Å². The van der Waals surface area contributed by atoms with Crippen molar-refractivity contribution < 1.29 is 0 Å². The smallest absolute Gasteiger partial charge is 0.0528 e. The SMILES string of the molecule is C#CCC(NCCC)c1sccc1C. The third-order valence-electron chi connectivity index (χ3n) is 2.18. The zero-order chi connectivity index (χ0) is 10.4. The third-order valence-corrected chi connectivity index (χ3v) is 3.31. The summed E-state index contributed by atoms with van der Waals surface area (Å²) in [5, 5.41) is 5.61. The summed E-state index contributed by atoms with van der Waals surface area (Å²) in [5.41, 5.74) is 1.35. The summed E-state index contributed by atoms with van der Waals surface area (Å²) in [6.45, 7) is 5.34. The molecule has 0 bridgehead atoms. The van der Waals surface area contributed by atoms with Crippen LogP contribution in [0.2, 0.25) is 0 Å². The number of hydrogen-bond donors (Lipinski definition) is 1. The maximum Gasteiger partial charge on any atom is 0.0528 e. The highest BCUT2D eigenvalue weighted by molar-refractivity contribution is 7.10. The summed E-state index contributed by atoms with van der Waals surface area (Å²) in [6, 6.07) is 2.50. The minimum absolute atomic E-state index is 0.347. The zero-order valence-electron chi connectivity index (χ0n) is 8.84. The van der Waals surface area contributed by atoms with Crippen molar-refractivity contribution in [3.8, 4) is 12.3 Å². The Morgan fingerprint density at radius 1 is 1.64 bits per heavy atom. The molecule has 1 atom stereocenters. The fraction of sp³-hybridized carbons (Fsp3) is 0.500. The molecule has 1 nitrogen and oxygen atoms in total. The van der Waals surface area contributed by atoms with Gasteiger partial charge in [-0.2, -0.15) is 0 Å². The number of terminal acetylenes is 1. The van der Waals surface area contributed by atoms with E-state index in [2.05, 4.69) is 36.5 Å². The van der Waals surface area contributed by atoms with Crippen molar-refractivity contribution in [2.24, 2.45) is 0 Å². The molecule has 0 saturated heterocycles. The van der Waals surface area contributed by atoms with Crippen LogP contribution in [0, 0.1) is 19.3 Å². The average Bonchev–Trinajstić information content (AvgIpc) is 2.59. The van der Waals surface area contributed by atoms with Gasteiger partial charge in [0.25, 0.3) is 0 Å². The fourth-order valence-corrected chi connectivity index (χ4v) is 2.44. The number of thiophene rings is 1. The Balaban J connectivity index is 2.68. The van der Waals surface area contributed by atoms with Crippen LogP contribution >= 0.6 is 11.3 Å². The van der Waals surface area contributed by atoms with Crippen molar-refractivity contribution in [2.45, 2.75) is 32.7 Å². The zero-order valence-corrected chi connectivity index (χ0v) is 9.66. The van der Waals surface area contributed by atoms with E-state index < -0.39 is 0 Å². The highest BCUT2D eigenvalue weighted by atomic mass is 32.1. The molecule has 14 heavy (non-hydrogen) atoms. The van der Waals surface area contributed by atoms with Crippen LogP contribution in [-0.2, 0) is 0 Å². The molecule has 76 valence electrons. The predicted octanol–water partition coefficient (Wildman–Crippen LogP) is 3.12. The first-order valence-electron chi connectivity index (χ1n) is 5.00. The van der Waals surface area contributed by atoms with Crippen molar-refractivity contribution in [3.05, 3.63) is 21.9 Å². The Kier molecular flexibility index (Phi) is 4.72. The third kappa shape index (κ3) is 2.87. The highest BCUT2D eigenvalue weighted by Crippen LogP contribution is 2.25. The molecule has 0 amide bonds. The van der Waals surface area contributed by atoms with E-state index in [1.165, 1.54) is 10.4 Å². The van der Waals surface area contributed by atoms with Gasteiger partial charge in [0.15, 0.2) is 0 Å². The van der Waals surface area contributed by atoms with Crippen LogP contribution in [0.5, 0.6) is 0 Å². The Hall–Kier alpha value is -0.780. The standard InChI is InChI=1S/C12H17NS/c1-4-6-11(13-8-5-2)12-10(3)7-9-14-12/h1,7,9,11,13H,5-6,8H2,2-3H3. The Bertz CT molecular complexity index is 308. The average molecular weight is 207 g/mol. The molecule has 1 N–H and O–H groups in total. The van der Waals surface area contributed by atoms with Gasteiger partial charge in [0.1, 0.15) is 0 Å². The number of aryl methyl sites for hydroxylation is 1. The number of rotatable bonds is 5. The molecule has 1 unspecified atom stereocenters. The molecular weight excluding hydrogens is 190 g/mol. The van der Waals surface area contributed by atoms with E-state index in [1.807, 2.05) is 0 Å². The normalized spacial score (nSPS) is 12.4. The van der Waals surface area contributed by atoms with Crippen LogP contribution in [0.3, 0.4) is 0 Å². The summed E-state index contributed by atoms with van der Waals surface area (Å²) in [6.07, 6.45) is 7.30. The van der Waals surface area contributed by atoms with Gasteiger partial charge in [-0.25, -0.2) is 0 Å². The molecule has 0 spiro atoms. The van der Waals surface area contributed by atoms with Gasteiger partial charge in [-0.3, -0.25) is 0 Å². The van der Waals surface area contributed by atoms with E-state index in [4.69, 9.17) is 6.42 Å². The van der Waals surface area contributed by atoms with Crippen molar-refractivity contribution in [2.75, 3.05) is 6.54 Å². The Labute approximate surface area is 90.5 Å². The van der Waals surface area contributed by atoms with Crippen LogP contribution in [0.15, 0.2) is 11.4 Å². The van der Waals surface area contributed by atoms with Crippen LogP contribution < -0.4 is 5.32 Å². The lowest BCUT2D eigenvalue weighted by Crippen LogP contribution is -2.21. The molecule has 0 saturated carbocycles. The first kappa shape index (κ1) is 11.3. The molecule has 1 rings (SSSR count). The fourth-order valence-electron chi connectivity index (χ4n) is 1.44. The largest absolute Gasteiger partial charge is 0.308 e. The molecule has 0 aromatic carbocycles. The van der Waals surface area contributed by atoms with Crippen LogP contribution in [0.25, 0.3) is 0 Å². The van der Waals surface area contributed by atoms with Gasteiger partial charge in [0.2, 0.25) is 0 Å². The van der Waals surface area contributed by atoms with E-state index in [0.717, 1.165) is 19.4 Å². The minimum atomic E-state index is 0.347. The van der Waals surface area contributed by atoms with Crippen LogP contribution in [0.1, 0.15) is 36.2 Å². The van der Waals surface area contributed by atoms with Crippen molar-refractivity contribution in [1.29, 1.82) is 0 Å². The second kappa shape index (κ2) is 5.85. The molecule has 0 aliphatic heterocycles. The van der Waals surface area contributed by atoms with Crippen LogP contribution in [0.4, 0.5) is 0 Å². The quantitative estimate of drug-likeness (QED) is 0.731. The second-order valence-electron chi connectivity index (χ2n) is 3.38. The van der Waals surface area contributed by atoms with Gasteiger partial charge >= 0.3 is 0 Å². The minimum Gasteiger partial charge on any atom is -0.308 e. The number of nitrogens with one attached hydrogen (secondary N) is 1. The maximum absolute atomic E-state index is 5.37. The van der Waals surface area contributed by atoms with E-state index in [9.17, 15) is 0 Å². The summed E-state index contributed by atoms with van der Waals surface area (Å²) in [5.74, 6) is 2.74. The Morgan fingerprint density at radius 2 is 2.43 bits per heavy atom. The van der Waals surface area contributed by atoms with Gasteiger partial charge in [0.05, 0.1) is 6.04 Å². The van der Waals surface area contributed by atoms with Crippen molar-refractivity contribution >= 4 is 11.3 Å². The lowest BCUT2D eigenvalue weighted by Gasteiger charge is -2.15. The molecule has 0 aliphatic rings. The molecule has 0 radical (unpaired) electrons. The predicted molar refractivity (Wildman–Crippen MR) is 63.5 cm³/mol. The van der Waals surface area contributed by atoms with Gasteiger partial charge < -0.3 is 5.32 Å². The van der Waals surface area contributed by atoms with E-state index >= 15 is 0 Å². The molecule has 0 aliphatic carbocycles. The van der Waals surface area contributed by atoms with Gasteiger partial charge in [-0.15, -0.1) is 23.7 Å². The van der Waals surface area contributed by atoms with Crippen molar-refractivity contribution in [3.63, 3.8) is 0 Å². The summed E-state index contributed by atoms with van der Waals surface area (Å²) in [4.78, 5) is 1.39. The molecule has 1 aromatic heterocycles.